The van der Waals surface area contributed by atoms with Gasteiger partial charge in [0.25, 0.3) is 0 Å². The van der Waals surface area contributed by atoms with E-state index >= 15 is 0 Å². The van der Waals surface area contributed by atoms with E-state index in [2.05, 4.69) is 35.1 Å². The highest BCUT2D eigenvalue weighted by atomic mass is 35.5. The van der Waals surface area contributed by atoms with E-state index < -0.39 is 0 Å². The molecule has 0 atom stereocenters. The number of benzene rings is 1. The number of hydrogen-bond acceptors (Lipinski definition) is 3. The maximum atomic E-state index is 6.19. The first-order valence-corrected chi connectivity index (χ1v) is 7.62. The monoisotopic (exact) mass is 289 g/mol. The van der Waals surface area contributed by atoms with Crippen molar-refractivity contribution in [2.24, 2.45) is 0 Å². The fourth-order valence-corrected chi connectivity index (χ4v) is 2.98. The first-order chi connectivity index (χ1) is 9.65. The van der Waals surface area contributed by atoms with Crippen LogP contribution in [0.1, 0.15) is 26.7 Å². The van der Waals surface area contributed by atoms with Crippen LogP contribution in [-0.2, 0) is 0 Å². The van der Waals surface area contributed by atoms with Gasteiger partial charge in [-0.05, 0) is 38.8 Å². The molecule has 20 heavy (non-hydrogen) atoms. The summed E-state index contributed by atoms with van der Waals surface area (Å²) in [5.74, 6) is 1.06. The molecule has 1 saturated heterocycles. The third-order valence-corrected chi connectivity index (χ3v) is 3.91. The zero-order chi connectivity index (χ0) is 14.1. The fraction of sp³-hybridized carbons (Fsp3) is 0.438. The molecule has 4 heteroatoms. The lowest BCUT2D eigenvalue weighted by atomic mass is 10.1. The maximum absolute atomic E-state index is 6.19. The molecule has 1 fully saturated rings. The quantitative estimate of drug-likeness (QED) is 0.913. The van der Waals surface area contributed by atoms with Gasteiger partial charge in [-0.15, -0.1) is 0 Å². The Balaban J connectivity index is 2.14. The molecule has 2 heterocycles. The molecule has 0 radical (unpaired) electrons. The number of halogens is 1. The van der Waals surface area contributed by atoms with Crippen LogP contribution in [0.4, 0.5) is 11.5 Å². The van der Waals surface area contributed by atoms with Crippen molar-refractivity contribution in [2.45, 2.75) is 32.7 Å². The highest BCUT2D eigenvalue weighted by Crippen LogP contribution is 2.33. The molecular weight excluding hydrogens is 270 g/mol. The van der Waals surface area contributed by atoms with Gasteiger partial charge in [0.15, 0.2) is 0 Å². The summed E-state index contributed by atoms with van der Waals surface area (Å²) in [7, 11) is 0. The van der Waals surface area contributed by atoms with E-state index in [1.165, 1.54) is 18.2 Å². The van der Waals surface area contributed by atoms with Crippen LogP contribution in [0.15, 0.2) is 24.4 Å². The third-order valence-electron chi connectivity index (χ3n) is 3.68. The minimum atomic E-state index is 0.383. The summed E-state index contributed by atoms with van der Waals surface area (Å²) >= 11 is 6.19. The Hall–Kier alpha value is -1.48. The summed E-state index contributed by atoms with van der Waals surface area (Å²) in [6.45, 7) is 6.45. The molecule has 3 rings (SSSR count). The van der Waals surface area contributed by atoms with Gasteiger partial charge in [0.2, 0.25) is 0 Å². The lowest BCUT2D eigenvalue weighted by Gasteiger charge is -2.21. The molecule has 3 nitrogen and oxygen atoms in total. The number of aromatic nitrogens is 1. The predicted octanol–water partition coefficient (Wildman–Crippen LogP) is 4.31. The SMILES string of the molecule is CC(C)Nc1cnc(N2CCCC2)c2cc(Cl)ccc12. The minimum absolute atomic E-state index is 0.383. The lowest BCUT2D eigenvalue weighted by Crippen LogP contribution is -2.19. The first-order valence-electron chi connectivity index (χ1n) is 7.25. The second-order valence-electron chi connectivity index (χ2n) is 5.68. The summed E-state index contributed by atoms with van der Waals surface area (Å²) in [6, 6.07) is 6.45. The largest absolute Gasteiger partial charge is 0.381 e. The van der Waals surface area contributed by atoms with E-state index in [0.717, 1.165) is 35.0 Å². The second kappa shape index (κ2) is 5.49. The first kappa shape index (κ1) is 13.5. The molecular formula is C16H20ClN3. The van der Waals surface area contributed by atoms with Crippen molar-refractivity contribution in [2.75, 3.05) is 23.3 Å². The van der Waals surface area contributed by atoms with E-state index in [-0.39, 0.29) is 0 Å². The lowest BCUT2D eigenvalue weighted by molar-refractivity contribution is 0.898. The molecule has 0 saturated carbocycles. The molecule has 1 aromatic carbocycles. The molecule has 1 N–H and O–H groups in total. The molecule has 1 aliphatic rings. The summed E-state index contributed by atoms with van der Waals surface area (Å²) < 4.78 is 0. The highest BCUT2D eigenvalue weighted by Gasteiger charge is 2.17. The Bertz CT molecular complexity index is 618. The smallest absolute Gasteiger partial charge is 0.136 e. The molecule has 0 bridgehead atoms. The summed E-state index contributed by atoms with van der Waals surface area (Å²) in [6.07, 6.45) is 4.44. The molecule has 0 unspecified atom stereocenters. The molecule has 1 aliphatic heterocycles. The van der Waals surface area contributed by atoms with Crippen molar-refractivity contribution in [3.05, 3.63) is 29.4 Å². The van der Waals surface area contributed by atoms with Crippen molar-refractivity contribution in [3.8, 4) is 0 Å². The van der Waals surface area contributed by atoms with Gasteiger partial charge in [-0.25, -0.2) is 4.98 Å². The Morgan fingerprint density at radius 2 is 1.95 bits per heavy atom. The number of nitrogens with zero attached hydrogens (tertiary/aromatic N) is 2. The molecule has 0 spiro atoms. The number of nitrogens with one attached hydrogen (secondary N) is 1. The fourth-order valence-electron chi connectivity index (χ4n) is 2.81. The molecule has 106 valence electrons. The van der Waals surface area contributed by atoms with Gasteiger partial charge in [-0.3, -0.25) is 0 Å². The van der Waals surface area contributed by atoms with Crippen molar-refractivity contribution in [3.63, 3.8) is 0 Å². The molecule has 1 aromatic heterocycles. The highest BCUT2D eigenvalue weighted by molar-refractivity contribution is 6.31. The summed E-state index contributed by atoms with van der Waals surface area (Å²) in [5.41, 5.74) is 1.08. The normalized spacial score (nSPS) is 15.3. The number of hydrogen-bond donors (Lipinski definition) is 1. The van der Waals surface area contributed by atoms with Gasteiger partial charge < -0.3 is 10.2 Å². The van der Waals surface area contributed by atoms with Gasteiger partial charge >= 0.3 is 0 Å². The number of anilines is 2. The summed E-state index contributed by atoms with van der Waals surface area (Å²) in [5, 5.41) is 6.56. The van der Waals surface area contributed by atoms with Crippen molar-refractivity contribution >= 4 is 33.9 Å². The van der Waals surface area contributed by atoms with Gasteiger partial charge in [0, 0.05) is 34.9 Å². The van der Waals surface area contributed by atoms with Crippen molar-refractivity contribution in [1.29, 1.82) is 0 Å². The van der Waals surface area contributed by atoms with E-state index in [0.29, 0.717) is 6.04 Å². The van der Waals surface area contributed by atoms with E-state index in [9.17, 15) is 0 Å². The Kier molecular flexibility index (Phi) is 3.70. The zero-order valence-corrected chi connectivity index (χ0v) is 12.7. The average molecular weight is 290 g/mol. The van der Waals surface area contributed by atoms with Crippen LogP contribution in [0.3, 0.4) is 0 Å². The number of rotatable bonds is 3. The van der Waals surface area contributed by atoms with Crippen LogP contribution < -0.4 is 10.2 Å². The Morgan fingerprint density at radius 1 is 1.20 bits per heavy atom. The van der Waals surface area contributed by atoms with Gasteiger partial charge in [0.1, 0.15) is 5.82 Å². The van der Waals surface area contributed by atoms with Crippen LogP contribution in [0.25, 0.3) is 10.8 Å². The number of fused-ring (bicyclic) bond motifs is 1. The third kappa shape index (κ3) is 2.55. The van der Waals surface area contributed by atoms with Crippen molar-refractivity contribution in [1.82, 2.24) is 4.98 Å². The molecule has 2 aromatic rings. The van der Waals surface area contributed by atoms with E-state index in [4.69, 9.17) is 11.6 Å². The van der Waals surface area contributed by atoms with Gasteiger partial charge in [0.05, 0.1) is 11.9 Å². The van der Waals surface area contributed by atoms with Crippen LogP contribution in [0.5, 0.6) is 0 Å². The van der Waals surface area contributed by atoms with Crippen LogP contribution >= 0.6 is 11.6 Å². The standard InChI is InChI=1S/C16H20ClN3/c1-11(2)19-15-10-18-16(20-7-3-4-8-20)14-9-12(17)5-6-13(14)15/h5-6,9-11,19H,3-4,7-8H2,1-2H3. The minimum Gasteiger partial charge on any atom is -0.381 e. The van der Waals surface area contributed by atoms with Crippen LogP contribution in [0, 0.1) is 0 Å². The van der Waals surface area contributed by atoms with Crippen LogP contribution in [0.2, 0.25) is 5.02 Å². The van der Waals surface area contributed by atoms with Crippen molar-refractivity contribution < 1.29 is 0 Å². The zero-order valence-electron chi connectivity index (χ0n) is 12.0. The Morgan fingerprint density at radius 3 is 2.65 bits per heavy atom. The number of pyridine rings is 1. The Labute approximate surface area is 124 Å². The molecule has 0 amide bonds. The second-order valence-corrected chi connectivity index (χ2v) is 6.12. The summed E-state index contributed by atoms with van der Waals surface area (Å²) in [4.78, 5) is 7.05. The molecule has 0 aliphatic carbocycles. The van der Waals surface area contributed by atoms with E-state index in [1.54, 1.807) is 0 Å². The van der Waals surface area contributed by atoms with E-state index in [1.807, 2.05) is 18.3 Å². The van der Waals surface area contributed by atoms with Crippen LogP contribution in [-0.4, -0.2) is 24.1 Å². The average Bonchev–Trinajstić information content (AvgIpc) is 2.92. The predicted molar refractivity (Wildman–Crippen MR) is 87.0 cm³/mol. The topological polar surface area (TPSA) is 28.2 Å². The maximum Gasteiger partial charge on any atom is 0.136 e. The van der Waals surface area contributed by atoms with Gasteiger partial charge in [-0.1, -0.05) is 17.7 Å². The van der Waals surface area contributed by atoms with Gasteiger partial charge in [-0.2, -0.15) is 0 Å².